The Bertz CT molecular complexity index is 461. The Balaban J connectivity index is 2.57. The van der Waals surface area contributed by atoms with Gasteiger partial charge >= 0.3 is 11.9 Å². The molecule has 0 spiro atoms. The fraction of sp³-hybridized carbons (Fsp3) is 0.846. The molecule has 21 heavy (non-hydrogen) atoms. The highest BCUT2D eigenvalue weighted by atomic mass is 32.2. The van der Waals surface area contributed by atoms with Crippen LogP contribution in [0.4, 0.5) is 0 Å². The van der Waals surface area contributed by atoms with E-state index in [-0.39, 0.29) is 37.9 Å². The predicted molar refractivity (Wildman–Crippen MR) is 76.0 cm³/mol. The molecule has 0 aromatic carbocycles. The van der Waals surface area contributed by atoms with Gasteiger partial charge in [0.2, 0.25) is 10.0 Å². The molecule has 1 rings (SSSR count). The molecule has 0 bridgehead atoms. The lowest BCUT2D eigenvalue weighted by molar-refractivity contribution is -0.149. The van der Waals surface area contributed by atoms with E-state index in [9.17, 15) is 18.0 Å². The molecule has 0 aromatic heterocycles. The van der Waals surface area contributed by atoms with Gasteiger partial charge in [-0.1, -0.05) is 0 Å². The van der Waals surface area contributed by atoms with Crippen LogP contribution in [0.5, 0.6) is 0 Å². The van der Waals surface area contributed by atoms with Crippen molar-refractivity contribution in [3.63, 3.8) is 0 Å². The number of sulfonamides is 1. The normalized spacial score (nSPS) is 20.0. The van der Waals surface area contributed by atoms with Crippen LogP contribution >= 0.6 is 0 Å². The molecule has 0 aliphatic carbocycles. The van der Waals surface area contributed by atoms with Gasteiger partial charge in [-0.15, -0.1) is 0 Å². The highest BCUT2D eigenvalue weighted by Gasteiger charge is 2.33. The third-order valence-electron chi connectivity index (χ3n) is 3.27. The Morgan fingerprint density at radius 2 is 1.86 bits per heavy atom. The van der Waals surface area contributed by atoms with Gasteiger partial charge in [0.25, 0.3) is 0 Å². The van der Waals surface area contributed by atoms with E-state index in [4.69, 9.17) is 9.47 Å². The van der Waals surface area contributed by atoms with Crippen molar-refractivity contribution in [2.45, 2.75) is 33.1 Å². The van der Waals surface area contributed by atoms with E-state index >= 15 is 0 Å². The lowest BCUT2D eigenvalue weighted by Gasteiger charge is -2.30. The zero-order chi connectivity index (χ0) is 15.9. The first kappa shape index (κ1) is 17.9. The molecule has 0 radical (unpaired) electrons. The van der Waals surface area contributed by atoms with Crippen molar-refractivity contribution in [2.24, 2.45) is 5.92 Å². The molecule has 1 fully saturated rings. The predicted octanol–water partition coefficient (Wildman–Crippen LogP) is 0.544. The molecule has 8 heteroatoms. The van der Waals surface area contributed by atoms with Crippen LogP contribution in [-0.4, -0.2) is 56.7 Å². The SMILES string of the molecule is CCOC(=O)CCS(=O)(=O)N1CCC[C@@H](C(=O)OCC)C1. The van der Waals surface area contributed by atoms with E-state index in [1.54, 1.807) is 13.8 Å². The number of nitrogens with zero attached hydrogens (tertiary/aromatic N) is 1. The molecule has 0 N–H and O–H groups in total. The van der Waals surface area contributed by atoms with Crippen molar-refractivity contribution in [2.75, 3.05) is 32.1 Å². The quantitative estimate of drug-likeness (QED) is 0.636. The Labute approximate surface area is 125 Å². The first-order chi connectivity index (χ1) is 9.90. The average Bonchev–Trinajstić information content (AvgIpc) is 2.46. The number of hydrogen-bond donors (Lipinski definition) is 0. The lowest BCUT2D eigenvalue weighted by Crippen LogP contribution is -2.43. The largest absolute Gasteiger partial charge is 0.466 e. The summed E-state index contributed by atoms with van der Waals surface area (Å²) in [7, 11) is -3.55. The van der Waals surface area contributed by atoms with Gasteiger partial charge in [-0.25, -0.2) is 12.7 Å². The summed E-state index contributed by atoms with van der Waals surface area (Å²) in [5.74, 6) is -1.60. The minimum Gasteiger partial charge on any atom is -0.466 e. The van der Waals surface area contributed by atoms with Crippen LogP contribution in [0.3, 0.4) is 0 Å². The molecule has 0 unspecified atom stereocenters. The summed E-state index contributed by atoms with van der Waals surface area (Å²) in [6.45, 7) is 4.40. The Hall–Kier alpha value is -1.15. The van der Waals surface area contributed by atoms with Crippen LogP contribution in [-0.2, 0) is 29.1 Å². The zero-order valence-electron chi connectivity index (χ0n) is 12.5. The van der Waals surface area contributed by atoms with Crippen molar-refractivity contribution in [1.29, 1.82) is 0 Å². The molecule has 1 heterocycles. The molecule has 0 amide bonds. The van der Waals surface area contributed by atoms with Crippen LogP contribution in [0, 0.1) is 5.92 Å². The van der Waals surface area contributed by atoms with Crippen LogP contribution in [0.25, 0.3) is 0 Å². The number of rotatable bonds is 7. The van der Waals surface area contributed by atoms with Crippen LogP contribution in [0.2, 0.25) is 0 Å². The maximum absolute atomic E-state index is 12.2. The van der Waals surface area contributed by atoms with Crippen molar-refractivity contribution in [3.05, 3.63) is 0 Å². The van der Waals surface area contributed by atoms with Gasteiger partial charge in [-0.2, -0.15) is 0 Å². The van der Waals surface area contributed by atoms with Gasteiger partial charge in [0.15, 0.2) is 0 Å². The minimum atomic E-state index is -3.55. The van der Waals surface area contributed by atoms with Gasteiger partial charge in [-0.05, 0) is 26.7 Å². The highest BCUT2D eigenvalue weighted by Crippen LogP contribution is 2.21. The minimum absolute atomic E-state index is 0.129. The summed E-state index contributed by atoms with van der Waals surface area (Å²) in [4.78, 5) is 23.0. The Morgan fingerprint density at radius 1 is 1.19 bits per heavy atom. The second-order valence-electron chi connectivity index (χ2n) is 4.82. The van der Waals surface area contributed by atoms with Crippen molar-refractivity contribution >= 4 is 22.0 Å². The van der Waals surface area contributed by atoms with E-state index in [1.807, 2.05) is 0 Å². The van der Waals surface area contributed by atoms with E-state index < -0.39 is 21.9 Å². The summed E-state index contributed by atoms with van der Waals surface area (Å²) in [6, 6.07) is 0. The van der Waals surface area contributed by atoms with Gasteiger partial charge < -0.3 is 9.47 Å². The molecular weight excluding hydrogens is 298 g/mol. The number of piperidine rings is 1. The van der Waals surface area contributed by atoms with Crippen molar-refractivity contribution in [1.82, 2.24) is 4.31 Å². The first-order valence-electron chi connectivity index (χ1n) is 7.20. The molecule has 1 atom stereocenters. The standard InChI is InChI=1S/C13H23NO6S/c1-3-19-12(15)7-9-21(17,18)14-8-5-6-11(10-14)13(16)20-4-2/h11H,3-10H2,1-2H3/t11-/m1/s1. The number of hydrogen-bond acceptors (Lipinski definition) is 6. The fourth-order valence-electron chi connectivity index (χ4n) is 2.22. The molecule has 1 aliphatic heterocycles. The van der Waals surface area contributed by atoms with Gasteiger partial charge in [0.05, 0.1) is 31.3 Å². The van der Waals surface area contributed by atoms with E-state index in [1.165, 1.54) is 4.31 Å². The number of carbonyl (C=O) groups is 2. The maximum Gasteiger partial charge on any atom is 0.310 e. The van der Waals surface area contributed by atoms with Gasteiger partial charge in [-0.3, -0.25) is 9.59 Å². The molecule has 0 saturated carbocycles. The number of carbonyl (C=O) groups excluding carboxylic acids is 2. The van der Waals surface area contributed by atoms with E-state index in [0.29, 0.717) is 19.4 Å². The topological polar surface area (TPSA) is 90.0 Å². The van der Waals surface area contributed by atoms with Crippen LogP contribution in [0.15, 0.2) is 0 Å². The van der Waals surface area contributed by atoms with E-state index in [2.05, 4.69) is 0 Å². The summed E-state index contributed by atoms with van der Waals surface area (Å²) >= 11 is 0. The number of ether oxygens (including phenoxy) is 2. The molecular formula is C13H23NO6S. The number of esters is 2. The third-order valence-corrected chi connectivity index (χ3v) is 5.11. The second-order valence-corrected chi connectivity index (χ2v) is 6.91. The summed E-state index contributed by atoms with van der Waals surface area (Å²) in [5.41, 5.74) is 0. The molecule has 1 saturated heterocycles. The van der Waals surface area contributed by atoms with Crippen LogP contribution < -0.4 is 0 Å². The first-order valence-corrected chi connectivity index (χ1v) is 8.81. The zero-order valence-corrected chi connectivity index (χ0v) is 13.4. The Morgan fingerprint density at radius 3 is 2.48 bits per heavy atom. The van der Waals surface area contributed by atoms with E-state index in [0.717, 1.165) is 0 Å². The molecule has 1 aliphatic rings. The Kier molecular flexibility index (Phi) is 7.10. The van der Waals surface area contributed by atoms with Gasteiger partial charge in [0, 0.05) is 13.1 Å². The van der Waals surface area contributed by atoms with Crippen molar-refractivity contribution < 1.29 is 27.5 Å². The fourth-order valence-corrected chi connectivity index (χ4v) is 3.72. The summed E-state index contributed by atoms with van der Waals surface area (Å²) in [6.07, 6.45) is 1.07. The summed E-state index contributed by atoms with van der Waals surface area (Å²) < 4.78 is 35.3. The smallest absolute Gasteiger partial charge is 0.310 e. The second kappa shape index (κ2) is 8.33. The lowest BCUT2D eigenvalue weighted by atomic mass is 10.0. The molecule has 122 valence electrons. The molecule has 7 nitrogen and oxygen atoms in total. The maximum atomic E-state index is 12.2. The monoisotopic (exact) mass is 321 g/mol. The summed E-state index contributed by atoms with van der Waals surface area (Å²) in [5, 5.41) is 0. The third kappa shape index (κ3) is 5.62. The average molecular weight is 321 g/mol. The van der Waals surface area contributed by atoms with Gasteiger partial charge in [0.1, 0.15) is 0 Å². The molecule has 0 aromatic rings. The highest BCUT2D eigenvalue weighted by molar-refractivity contribution is 7.89. The van der Waals surface area contributed by atoms with Crippen molar-refractivity contribution in [3.8, 4) is 0 Å². The van der Waals surface area contributed by atoms with Crippen LogP contribution in [0.1, 0.15) is 33.1 Å².